The third kappa shape index (κ3) is 4.00. The molecule has 2 aromatic rings. The van der Waals surface area contributed by atoms with E-state index in [-0.39, 0.29) is 23.8 Å². The van der Waals surface area contributed by atoms with Crippen LogP contribution in [0.25, 0.3) is 0 Å². The number of aromatic nitrogens is 2. The van der Waals surface area contributed by atoms with E-state index in [4.69, 9.17) is 10.5 Å². The minimum atomic E-state index is -0.838. The first-order valence-electron chi connectivity index (χ1n) is 7.10. The Labute approximate surface area is 135 Å². The summed E-state index contributed by atoms with van der Waals surface area (Å²) in [6, 6.07) is 3.64. The van der Waals surface area contributed by atoms with E-state index in [1.54, 1.807) is 13.8 Å². The van der Waals surface area contributed by atoms with Gasteiger partial charge in [-0.3, -0.25) is 14.6 Å². The first-order valence-corrected chi connectivity index (χ1v) is 7.10. The lowest BCUT2D eigenvalue weighted by molar-refractivity contribution is 0.0922. The molecule has 0 saturated heterocycles. The van der Waals surface area contributed by atoms with Gasteiger partial charge < -0.3 is 20.8 Å². The predicted molar refractivity (Wildman–Crippen MR) is 85.7 cm³/mol. The maximum Gasteiger partial charge on any atom is 0.326 e. The number of H-pyrrole nitrogens is 2. The number of carbonyl (C=O) groups is 1. The second-order valence-electron chi connectivity index (χ2n) is 5.29. The number of amides is 1. The van der Waals surface area contributed by atoms with Crippen molar-refractivity contribution in [1.82, 2.24) is 15.3 Å². The van der Waals surface area contributed by atoms with Gasteiger partial charge in [-0.25, -0.2) is 9.18 Å². The molecule has 1 aromatic carbocycles. The van der Waals surface area contributed by atoms with Crippen LogP contribution >= 0.6 is 0 Å². The Hall–Kier alpha value is -3.10. The topological polar surface area (TPSA) is 130 Å². The molecule has 2 rings (SSSR count). The van der Waals surface area contributed by atoms with E-state index in [1.165, 1.54) is 18.2 Å². The number of rotatable bonds is 5. The summed E-state index contributed by atoms with van der Waals surface area (Å²) in [5.74, 6) is -0.584. The van der Waals surface area contributed by atoms with Gasteiger partial charge in [0.2, 0.25) is 0 Å². The summed E-state index contributed by atoms with van der Waals surface area (Å²) < 4.78 is 18.5. The van der Waals surface area contributed by atoms with Crippen LogP contribution in [0.1, 0.15) is 23.0 Å². The van der Waals surface area contributed by atoms with Gasteiger partial charge in [-0.1, -0.05) is 0 Å². The molecule has 0 bridgehead atoms. The average Bonchev–Trinajstić information content (AvgIpc) is 2.49. The lowest BCUT2D eigenvalue weighted by atomic mass is 10.2. The number of ether oxygens (including phenoxy) is 1. The molecule has 0 aliphatic heterocycles. The Morgan fingerprint density at radius 2 is 2.08 bits per heavy atom. The maximum atomic E-state index is 13.0. The highest BCUT2D eigenvalue weighted by atomic mass is 19.1. The molecule has 24 heavy (non-hydrogen) atoms. The first-order chi connectivity index (χ1) is 11.3. The van der Waals surface area contributed by atoms with Crippen molar-refractivity contribution in [2.45, 2.75) is 19.9 Å². The molecule has 1 heterocycles. The van der Waals surface area contributed by atoms with Crippen LogP contribution in [0.15, 0.2) is 27.8 Å². The summed E-state index contributed by atoms with van der Waals surface area (Å²) in [6.07, 6.45) is 0. The van der Waals surface area contributed by atoms with Crippen LogP contribution in [0.4, 0.5) is 10.1 Å². The van der Waals surface area contributed by atoms with Crippen LogP contribution in [0, 0.1) is 12.7 Å². The second-order valence-corrected chi connectivity index (χ2v) is 5.29. The highest BCUT2D eigenvalue weighted by Gasteiger charge is 2.16. The van der Waals surface area contributed by atoms with Crippen LogP contribution in [0.3, 0.4) is 0 Å². The van der Waals surface area contributed by atoms with Crippen LogP contribution in [-0.4, -0.2) is 28.5 Å². The normalized spacial score (nSPS) is 11.8. The fraction of sp³-hybridized carbons (Fsp3) is 0.267. The number of nitrogens with one attached hydrogen (secondary N) is 3. The van der Waals surface area contributed by atoms with Gasteiger partial charge in [0.15, 0.2) is 0 Å². The van der Waals surface area contributed by atoms with Crippen LogP contribution < -0.4 is 27.0 Å². The summed E-state index contributed by atoms with van der Waals surface area (Å²) >= 11 is 0. The Balaban J connectivity index is 2.02. The number of anilines is 1. The van der Waals surface area contributed by atoms with E-state index in [0.29, 0.717) is 11.3 Å². The average molecular weight is 336 g/mol. The summed E-state index contributed by atoms with van der Waals surface area (Å²) in [5.41, 5.74) is 3.75. The molecule has 0 saturated carbocycles. The number of halogens is 1. The van der Waals surface area contributed by atoms with E-state index >= 15 is 0 Å². The van der Waals surface area contributed by atoms with E-state index in [2.05, 4.69) is 10.3 Å². The molecule has 9 heteroatoms. The fourth-order valence-electron chi connectivity index (χ4n) is 2.00. The number of aromatic amines is 2. The van der Waals surface area contributed by atoms with E-state index in [9.17, 15) is 18.8 Å². The molecule has 0 aliphatic carbocycles. The lowest BCUT2D eigenvalue weighted by Gasteiger charge is -2.16. The van der Waals surface area contributed by atoms with Crippen LogP contribution in [0.2, 0.25) is 0 Å². The minimum Gasteiger partial charge on any atom is -0.491 e. The summed E-state index contributed by atoms with van der Waals surface area (Å²) in [5, 5.41) is 2.55. The number of hydrogen-bond acceptors (Lipinski definition) is 5. The summed E-state index contributed by atoms with van der Waals surface area (Å²) in [4.78, 5) is 38.8. The Bertz CT molecular complexity index is 875. The number of benzene rings is 1. The monoisotopic (exact) mass is 336 g/mol. The van der Waals surface area contributed by atoms with Gasteiger partial charge in [0, 0.05) is 0 Å². The Morgan fingerprint density at radius 3 is 2.75 bits per heavy atom. The van der Waals surface area contributed by atoms with E-state index in [0.717, 1.165) is 0 Å². The molecule has 0 unspecified atom stereocenters. The fourth-order valence-corrected chi connectivity index (χ4v) is 2.00. The van der Waals surface area contributed by atoms with Gasteiger partial charge in [-0.05, 0) is 37.6 Å². The summed E-state index contributed by atoms with van der Waals surface area (Å²) in [6.45, 7) is 3.47. The van der Waals surface area contributed by atoms with Crippen molar-refractivity contribution in [2.75, 3.05) is 12.3 Å². The number of nitrogen functional groups attached to an aromatic ring is 1. The third-order valence-electron chi connectivity index (χ3n) is 3.21. The lowest BCUT2D eigenvalue weighted by Crippen LogP contribution is -2.40. The van der Waals surface area contributed by atoms with Gasteiger partial charge in [-0.2, -0.15) is 0 Å². The molecule has 8 nitrogen and oxygen atoms in total. The Morgan fingerprint density at radius 1 is 1.38 bits per heavy atom. The highest BCUT2D eigenvalue weighted by molar-refractivity contribution is 5.96. The molecular weight excluding hydrogens is 319 g/mol. The molecule has 1 aromatic heterocycles. The zero-order chi connectivity index (χ0) is 17.9. The number of nitrogens with two attached hydrogens (primary N) is 1. The third-order valence-corrected chi connectivity index (χ3v) is 3.21. The van der Waals surface area contributed by atoms with Gasteiger partial charge in [0.05, 0.1) is 6.04 Å². The maximum absolute atomic E-state index is 13.0. The van der Waals surface area contributed by atoms with E-state index < -0.39 is 23.2 Å². The van der Waals surface area contributed by atoms with Crippen LogP contribution in [-0.2, 0) is 0 Å². The smallest absolute Gasteiger partial charge is 0.326 e. The molecular formula is C15H17FN4O4. The zero-order valence-corrected chi connectivity index (χ0v) is 13.1. The number of carbonyl (C=O) groups excluding carboxylic acids is 1. The molecule has 0 aliphatic rings. The zero-order valence-electron chi connectivity index (χ0n) is 13.1. The van der Waals surface area contributed by atoms with E-state index in [1.807, 2.05) is 4.98 Å². The first kappa shape index (κ1) is 17.3. The molecule has 0 radical (unpaired) electrons. The molecule has 0 fully saturated rings. The molecule has 128 valence electrons. The largest absolute Gasteiger partial charge is 0.491 e. The van der Waals surface area contributed by atoms with Crippen molar-refractivity contribution >= 4 is 11.6 Å². The van der Waals surface area contributed by atoms with Crippen molar-refractivity contribution in [3.8, 4) is 5.75 Å². The van der Waals surface area contributed by atoms with Crippen molar-refractivity contribution in [1.29, 1.82) is 0 Å². The predicted octanol–water partition coefficient (Wildman–Crippen LogP) is 0.290. The molecule has 1 amide bonds. The van der Waals surface area contributed by atoms with Crippen molar-refractivity contribution in [2.24, 2.45) is 0 Å². The summed E-state index contributed by atoms with van der Waals surface area (Å²) in [7, 11) is 0. The number of aryl methyl sites for hydroxylation is 1. The van der Waals surface area contributed by atoms with Gasteiger partial charge in [0.1, 0.15) is 29.6 Å². The molecule has 5 N–H and O–H groups in total. The molecule has 0 spiro atoms. The van der Waals surface area contributed by atoms with Gasteiger partial charge in [-0.15, -0.1) is 0 Å². The SMILES string of the molecule is Cc1cc(F)ccc1OC[C@@H](C)NC(=O)c1[nH]c(=O)[nH]c(=O)c1N. The van der Waals surface area contributed by atoms with Gasteiger partial charge in [0.25, 0.3) is 11.5 Å². The second kappa shape index (κ2) is 6.99. The number of hydrogen-bond donors (Lipinski definition) is 4. The quantitative estimate of drug-likeness (QED) is 0.623. The highest BCUT2D eigenvalue weighted by Crippen LogP contribution is 2.18. The standard InChI is InChI=1S/C15H17FN4O4/c1-7-5-9(16)3-4-10(7)24-6-8(2)18-14(22)12-11(17)13(21)20-15(23)19-12/h3-5,8H,6,17H2,1-2H3,(H,18,22)(H2,19,20,21,23)/t8-/m1/s1. The van der Waals surface area contributed by atoms with Crippen molar-refractivity contribution < 1.29 is 13.9 Å². The van der Waals surface area contributed by atoms with Crippen molar-refractivity contribution in [3.63, 3.8) is 0 Å². The Kier molecular flexibility index (Phi) is 5.02. The van der Waals surface area contributed by atoms with Crippen molar-refractivity contribution in [3.05, 3.63) is 56.1 Å². The minimum absolute atomic E-state index is 0.103. The van der Waals surface area contributed by atoms with Gasteiger partial charge >= 0.3 is 5.69 Å². The van der Waals surface area contributed by atoms with Crippen LogP contribution in [0.5, 0.6) is 5.75 Å². The molecule has 1 atom stereocenters.